The Morgan fingerprint density at radius 3 is 2.71 bits per heavy atom. The van der Waals surface area contributed by atoms with E-state index in [1.165, 1.54) is 6.42 Å². The number of likely N-dealkylation sites (tertiary alicyclic amines) is 1. The Morgan fingerprint density at radius 1 is 1.43 bits per heavy atom. The quantitative estimate of drug-likeness (QED) is 0.829. The molecule has 0 aliphatic carbocycles. The van der Waals surface area contributed by atoms with Crippen LogP contribution in [-0.2, 0) is 4.79 Å². The summed E-state index contributed by atoms with van der Waals surface area (Å²) in [5.41, 5.74) is 6.56. The number of carbonyl (C=O) groups excluding carboxylic acids is 1. The van der Waals surface area contributed by atoms with E-state index in [0.717, 1.165) is 25.9 Å². The Balaban J connectivity index is 1.96. The van der Waals surface area contributed by atoms with Crippen LogP contribution in [0.15, 0.2) is 12.1 Å². The molecule has 1 amide bonds. The van der Waals surface area contributed by atoms with Gasteiger partial charge in [-0.2, -0.15) is 0 Å². The molecule has 1 heterocycles. The number of nitrogen functional groups attached to an aromatic ring is 1. The van der Waals surface area contributed by atoms with Gasteiger partial charge in [0.25, 0.3) is 0 Å². The van der Waals surface area contributed by atoms with Gasteiger partial charge in [-0.15, -0.1) is 0 Å². The highest BCUT2D eigenvalue weighted by molar-refractivity contribution is 6.40. The van der Waals surface area contributed by atoms with E-state index in [2.05, 4.69) is 17.1 Å². The lowest BCUT2D eigenvalue weighted by molar-refractivity contribution is -0.117. The number of rotatable bonds is 4. The highest BCUT2D eigenvalue weighted by Gasteiger charge is 2.21. The first kappa shape index (κ1) is 16.4. The fourth-order valence-electron chi connectivity index (χ4n) is 2.72. The third kappa shape index (κ3) is 4.50. The number of hydrogen-bond acceptors (Lipinski definition) is 3. The topological polar surface area (TPSA) is 58.4 Å². The molecule has 1 aliphatic heterocycles. The van der Waals surface area contributed by atoms with Crippen molar-refractivity contribution in [2.75, 3.05) is 30.7 Å². The van der Waals surface area contributed by atoms with Gasteiger partial charge in [0.05, 0.1) is 22.3 Å². The second kappa shape index (κ2) is 7.34. The minimum atomic E-state index is -0.0969. The van der Waals surface area contributed by atoms with Crippen LogP contribution in [0.4, 0.5) is 11.4 Å². The zero-order valence-electron chi connectivity index (χ0n) is 12.2. The molecule has 1 aromatic carbocycles. The number of piperidine rings is 1. The number of hydrogen-bond donors (Lipinski definition) is 2. The van der Waals surface area contributed by atoms with E-state index in [9.17, 15) is 4.79 Å². The number of halogens is 2. The maximum atomic E-state index is 12.2. The molecule has 0 spiro atoms. The molecule has 6 heteroatoms. The van der Waals surface area contributed by atoms with Gasteiger partial charge >= 0.3 is 0 Å². The summed E-state index contributed by atoms with van der Waals surface area (Å²) < 4.78 is 0. The minimum absolute atomic E-state index is 0.0969. The van der Waals surface area contributed by atoms with Crippen LogP contribution in [0, 0.1) is 5.92 Å². The molecule has 0 radical (unpaired) electrons. The Bertz CT molecular complexity index is 499. The fourth-order valence-corrected chi connectivity index (χ4v) is 3.32. The molecule has 0 bridgehead atoms. The number of anilines is 2. The summed E-state index contributed by atoms with van der Waals surface area (Å²) in [6, 6.07) is 3.16. The molecule has 1 aromatic rings. The van der Waals surface area contributed by atoms with Gasteiger partial charge in [-0.1, -0.05) is 36.5 Å². The zero-order valence-corrected chi connectivity index (χ0v) is 13.7. The van der Waals surface area contributed by atoms with E-state index in [1.54, 1.807) is 12.1 Å². The van der Waals surface area contributed by atoms with Crippen molar-refractivity contribution in [1.29, 1.82) is 0 Å². The van der Waals surface area contributed by atoms with Gasteiger partial charge in [0.15, 0.2) is 0 Å². The van der Waals surface area contributed by atoms with E-state index in [0.29, 0.717) is 33.9 Å². The first-order chi connectivity index (χ1) is 9.99. The first-order valence-electron chi connectivity index (χ1n) is 7.26. The SMILES string of the molecule is CCC1CCCN(CC(=O)Nc2c(Cl)cc(N)cc2Cl)C1. The van der Waals surface area contributed by atoms with Gasteiger partial charge in [-0.3, -0.25) is 9.69 Å². The number of nitrogens with two attached hydrogens (primary N) is 1. The van der Waals surface area contributed by atoms with Gasteiger partial charge in [-0.25, -0.2) is 0 Å². The number of carbonyl (C=O) groups is 1. The van der Waals surface area contributed by atoms with E-state index < -0.39 is 0 Å². The van der Waals surface area contributed by atoms with E-state index in [4.69, 9.17) is 28.9 Å². The van der Waals surface area contributed by atoms with Crippen molar-refractivity contribution in [1.82, 2.24) is 4.90 Å². The predicted octanol–water partition coefficient (Wildman–Crippen LogP) is 3.64. The van der Waals surface area contributed by atoms with Crippen LogP contribution in [0.3, 0.4) is 0 Å². The van der Waals surface area contributed by atoms with Crippen molar-refractivity contribution in [3.63, 3.8) is 0 Å². The van der Waals surface area contributed by atoms with Crippen molar-refractivity contribution in [2.45, 2.75) is 26.2 Å². The summed E-state index contributed by atoms with van der Waals surface area (Å²) in [6.45, 7) is 4.51. The third-order valence-electron chi connectivity index (χ3n) is 3.88. The summed E-state index contributed by atoms with van der Waals surface area (Å²) in [7, 11) is 0. The Morgan fingerprint density at radius 2 is 2.10 bits per heavy atom. The van der Waals surface area contributed by atoms with Crippen LogP contribution in [0.5, 0.6) is 0 Å². The highest BCUT2D eigenvalue weighted by Crippen LogP contribution is 2.32. The van der Waals surface area contributed by atoms with Crippen molar-refractivity contribution < 1.29 is 4.79 Å². The molecular formula is C15H21Cl2N3O. The molecule has 1 atom stereocenters. The van der Waals surface area contributed by atoms with Gasteiger partial charge in [0.2, 0.25) is 5.91 Å². The van der Waals surface area contributed by atoms with Crippen LogP contribution in [0.2, 0.25) is 10.0 Å². The molecule has 1 aliphatic rings. The van der Waals surface area contributed by atoms with Crippen LogP contribution < -0.4 is 11.1 Å². The van der Waals surface area contributed by atoms with Gasteiger partial charge < -0.3 is 11.1 Å². The van der Waals surface area contributed by atoms with Crippen molar-refractivity contribution in [3.05, 3.63) is 22.2 Å². The normalized spacial score (nSPS) is 19.5. The summed E-state index contributed by atoms with van der Waals surface area (Å²) in [5, 5.41) is 3.51. The number of nitrogens with zero attached hydrogens (tertiary/aromatic N) is 1. The van der Waals surface area contributed by atoms with E-state index in [-0.39, 0.29) is 5.91 Å². The standard InChI is InChI=1S/C15H21Cl2N3O/c1-2-10-4-3-5-20(8-10)9-14(21)19-15-12(16)6-11(18)7-13(15)17/h6-7,10H,2-5,8-9,18H2,1H3,(H,19,21). The third-order valence-corrected chi connectivity index (χ3v) is 4.47. The molecule has 3 N–H and O–H groups in total. The van der Waals surface area contributed by atoms with Gasteiger partial charge in [-0.05, 0) is 37.4 Å². The maximum absolute atomic E-state index is 12.2. The summed E-state index contributed by atoms with van der Waals surface area (Å²) in [6.07, 6.45) is 3.56. The molecular weight excluding hydrogens is 309 g/mol. The molecule has 0 saturated carbocycles. The molecule has 21 heavy (non-hydrogen) atoms. The van der Waals surface area contributed by atoms with Crippen molar-refractivity contribution in [3.8, 4) is 0 Å². The highest BCUT2D eigenvalue weighted by atomic mass is 35.5. The second-order valence-electron chi connectivity index (χ2n) is 5.56. The van der Waals surface area contributed by atoms with Gasteiger partial charge in [0.1, 0.15) is 0 Å². The van der Waals surface area contributed by atoms with Crippen LogP contribution >= 0.6 is 23.2 Å². The van der Waals surface area contributed by atoms with Crippen LogP contribution in [0.1, 0.15) is 26.2 Å². The lowest BCUT2D eigenvalue weighted by Crippen LogP contribution is -2.40. The maximum Gasteiger partial charge on any atom is 0.238 e. The lowest BCUT2D eigenvalue weighted by atomic mass is 9.96. The average molecular weight is 330 g/mol. The lowest BCUT2D eigenvalue weighted by Gasteiger charge is -2.31. The van der Waals surface area contributed by atoms with Crippen LogP contribution in [0.25, 0.3) is 0 Å². The first-order valence-corrected chi connectivity index (χ1v) is 8.02. The predicted molar refractivity (Wildman–Crippen MR) is 89.0 cm³/mol. The summed E-state index contributed by atoms with van der Waals surface area (Å²) in [4.78, 5) is 14.4. The van der Waals surface area contributed by atoms with Crippen LogP contribution in [-0.4, -0.2) is 30.4 Å². The fraction of sp³-hybridized carbons (Fsp3) is 0.533. The second-order valence-corrected chi connectivity index (χ2v) is 6.37. The Labute approximate surface area is 135 Å². The van der Waals surface area contributed by atoms with Crippen molar-refractivity contribution >= 4 is 40.5 Å². The molecule has 1 fully saturated rings. The van der Waals surface area contributed by atoms with E-state index in [1.807, 2.05) is 0 Å². The number of amides is 1. The molecule has 4 nitrogen and oxygen atoms in total. The largest absolute Gasteiger partial charge is 0.399 e. The molecule has 0 aromatic heterocycles. The molecule has 1 saturated heterocycles. The van der Waals surface area contributed by atoms with E-state index >= 15 is 0 Å². The van der Waals surface area contributed by atoms with Crippen molar-refractivity contribution in [2.24, 2.45) is 5.92 Å². The number of benzene rings is 1. The molecule has 116 valence electrons. The average Bonchev–Trinajstić information content (AvgIpc) is 2.43. The summed E-state index contributed by atoms with van der Waals surface area (Å²) in [5.74, 6) is 0.593. The molecule has 1 unspecified atom stereocenters. The minimum Gasteiger partial charge on any atom is -0.399 e. The van der Waals surface area contributed by atoms with Gasteiger partial charge in [0, 0.05) is 12.2 Å². The monoisotopic (exact) mass is 329 g/mol. The Kier molecular flexibility index (Phi) is 5.73. The summed E-state index contributed by atoms with van der Waals surface area (Å²) >= 11 is 12.1. The number of nitrogens with one attached hydrogen (secondary N) is 1. The molecule has 2 rings (SSSR count). The smallest absolute Gasteiger partial charge is 0.238 e. The Hall–Kier alpha value is -0.970. The zero-order chi connectivity index (χ0) is 15.4.